The van der Waals surface area contributed by atoms with Crippen LogP contribution < -0.4 is 15.1 Å². The predicted molar refractivity (Wildman–Crippen MR) is 125 cm³/mol. The van der Waals surface area contributed by atoms with E-state index < -0.39 is 0 Å². The minimum Gasteiger partial charge on any atom is -0.372 e. The van der Waals surface area contributed by atoms with Crippen LogP contribution in [0.15, 0.2) is 67.0 Å². The SMILES string of the molecule is C[NH+](CC(=O)Nc1ccc(N2CCCCCC2)cc1)Cc1cnn(-c2ccccc2)c1. The zero-order valence-corrected chi connectivity index (χ0v) is 18.3. The maximum absolute atomic E-state index is 12.5. The van der Waals surface area contributed by atoms with E-state index >= 15 is 0 Å². The van der Waals surface area contributed by atoms with Crippen molar-refractivity contribution >= 4 is 17.3 Å². The number of nitrogens with zero attached hydrogens (tertiary/aromatic N) is 3. The van der Waals surface area contributed by atoms with Crippen molar-refractivity contribution in [2.45, 2.75) is 32.2 Å². The lowest BCUT2D eigenvalue weighted by Crippen LogP contribution is -3.08. The summed E-state index contributed by atoms with van der Waals surface area (Å²) in [5, 5.41) is 7.47. The average molecular weight is 419 g/mol. The molecule has 1 aliphatic heterocycles. The van der Waals surface area contributed by atoms with Gasteiger partial charge in [0.2, 0.25) is 0 Å². The van der Waals surface area contributed by atoms with Crippen molar-refractivity contribution in [2.75, 3.05) is 36.9 Å². The Morgan fingerprint density at radius 2 is 1.68 bits per heavy atom. The van der Waals surface area contributed by atoms with Gasteiger partial charge in [-0.2, -0.15) is 5.10 Å². The molecule has 1 aliphatic rings. The summed E-state index contributed by atoms with van der Waals surface area (Å²) in [5.41, 5.74) is 4.25. The Kier molecular flexibility index (Phi) is 6.99. The number of likely N-dealkylation sites (N-methyl/N-ethyl adjacent to an activating group) is 1. The molecule has 31 heavy (non-hydrogen) atoms. The minimum absolute atomic E-state index is 0.0236. The van der Waals surface area contributed by atoms with Crippen LogP contribution in [0.1, 0.15) is 31.2 Å². The maximum atomic E-state index is 12.5. The molecule has 0 spiro atoms. The summed E-state index contributed by atoms with van der Waals surface area (Å²) in [5.74, 6) is 0.0236. The highest BCUT2D eigenvalue weighted by Gasteiger charge is 2.13. The van der Waals surface area contributed by atoms with E-state index in [1.165, 1.54) is 31.4 Å². The van der Waals surface area contributed by atoms with Crippen LogP contribution in [0, 0.1) is 0 Å². The Morgan fingerprint density at radius 1 is 0.968 bits per heavy atom. The molecule has 4 rings (SSSR count). The average Bonchev–Trinajstić information content (AvgIpc) is 3.07. The number of amides is 1. The lowest BCUT2D eigenvalue weighted by molar-refractivity contribution is -0.885. The van der Waals surface area contributed by atoms with Crippen molar-refractivity contribution in [3.05, 3.63) is 72.6 Å². The number of carbonyl (C=O) groups is 1. The number of nitrogens with one attached hydrogen (secondary N) is 2. The topological polar surface area (TPSA) is 54.6 Å². The second-order valence-electron chi connectivity index (χ2n) is 8.44. The van der Waals surface area contributed by atoms with E-state index in [0.717, 1.165) is 41.5 Å². The van der Waals surface area contributed by atoms with Crippen molar-refractivity contribution in [3.8, 4) is 5.69 Å². The summed E-state index contributed by atoms with van der Waals surface area (Å²) in [7, 11) is 2.03. The molecule has 0 radical (unpaired) electrons. The quantitative estimate of drug-likeness (QED) is 0.620. The number of aromatic nitrogens is 2. The molecule has 1 fully saturated rings. The van der Waals surface area contributed by atoms with Crippen LogP contribution in [0.3, 0.4) is 0 Å². The van der Waals surface area contributed by atoms with Gasteiger partial charge in [-0.1, -0.05) is 31.0 Å². The summed E-state index contributed by atoms with van der Waals surface area (Å²) < 4.78 is 1.87. The first-order valence-corrected chi connectivity index (χ1v) is 11.2. The second kappa shape index (κ2) is 10.3. The number of carbonyl (C=O) groups excluding carboxylic acids is 1. The largest absolute Gasteiger partial charge is 0.372 e. The summed E-state index contributed by atoms with van der Waals surface area (Å²) in [4.78, 5) is 16.1. The molecule has 1 atom stereocenters. The van der Waals surface area contributed by atoms with Crippen molar-refractivity contribution < 1.29 is 9.69 Å². The van der Waals surface area contributed by atoms with Gasteiger partial charge in [0.05, 0.1) is 18.9 Å². The Morgan fingerprint density at radius 3 is 2.39 bits per heavy atom. The van der Waals surface area contributed by atoms with Gasteiger partial charge >= 0.3 is 0 Å². The van der Waals surface area contributed by atoms with Crippen molar-refractivity contribution in [3.63, 3.8) is 0 Å². The van der Waals surface area contributed by atoms with Gasteiger partial charge in [-0.15, -0.1) is 0 Å². The first kappa shape index (κ1) is 21.1. The van der Waals surface area contributed by atoms with Gasteiger partial charge in [0.1, 0.15) is 6.54 Å². The molecule has 0 bridgehead atoms. The molecule has 6 heteroatoms. The van der Waals surface area contributed by atoms with Crippen LogP contribution in [0.2, 0.25) is 0 Å². The first-order chi connectivity index (χ1) is 15.2. The predicted octanol–water partition coefficient (Wildman–Crippen LogP) is 2.91. The molecule has 2 heterocycles. The third-order valence-electron chi connectivity index (χ3n) is 5.75. The van der Waals surface area contributed by atoms with Crippen LogP contribution in [-0.2, 0) is 11.3 Å². The first-order valence-electron chi connectivity index (χ1n) is 11.2. The minimum atomic E-state index is 0.0236. The summed E-state index contributed by atoms with van der Waals surface area (Å²) in [6, 6.07) is 18.3. The van der Waals surface area contributed by atoms with Gasteiger partial charge in [-0.05, 0) is 49.2 Å². The molecule has 1 saturated heterocycles. The Balaban J connectivity index is 1.27. The number of hydrogen-bond acceptors (Lipinski definition) is 3. The Bertz CT molecular complexity index is 959. The lowest BCUT2D eigenvalue weighted by Gasteiger charge is -2.22. The van der Waals surface area contributed by atoms with Crippen molar-refractivity contribution in [1.29, 1.82) is 0 Å². The monoisotopic (exact) mass is 418 g/mol. The number of para-hydroxylation sites is 1. The van der Waals surface area contributed by atoms with Crippen molar-refractivity contribution in [2.24, 2.45) is 0 Å². The lowest BCUT2D eigenvalue weighted by atomic mass is 10.2. The smallest absolute Gasteiger partial charge is 0.279 e. The highest BCUT2D eigenvalue weighted by molar-refractivity contribution is 5.91. The van der Waals surface area contributed by atoms with E-state index in [1.54, 1.807) is 0 Å². The van der Waals surface area contributed by atoms with E-state index in [1.807, 2.05) is 66.6 Å². The summed E-state index contributed by atoms with van der Waals surface area (Å²) in [6.45, 7) is 3.40. The van der Waals surface area contributed by atoms with Crippen LogP contribution >= 0.6 is 0 Å². The molecular weight excluding hydrogens is 386 g/mol. The standard InChI is InChI=1S/C25H31N5O/c1-28(18-21-17-26-30(19-21)24-9-5-4-6-10-24)20-25(31)27-22-11-13-23(14-12-22)29-15-7-2-3-8-16-29/h4-6,9-14,17,19H,2-3,7-8,15-16,18,20H2,1H3,(H,27,31)/p+1. The van der Waals surface area contributed by atoms with Gasteiger partial charge in [-0.3, -0.25) is 4.79 Å². The van der Waals surface area contributed by atoms with Gasteiger partial charge in [-0.25, -0.2) is 4.68 Å². The zero-order valence-electron chi connectivity index (χ0n) is 18.3. The second-order valence-corrected chi connectivity index (χ2v) is 8.44. The molecule has 162 valence electrons. The molecular formula is C25H32N5O+. The Labute approximate surface area is 184 Å². The number of hydrogen-bond donors (Lipinski definition) is 2. The van der Waals surface area contributed by atoms with E-state index in [4.69, 9.17) is 0 Å². The fourth-order valence-electron chi connectivity index (χ4n) is 4.15. The number of rotatable bonds is 7. The Hall–Kier alpha value is -3.12. The van der Waals surface area contributed by atoms with Crippen molar-refractivity contribution in [1.82, 2.24) is 9.78 Å². The highest BCUT2D eigenvalue weighted by atomic mass is 16.2. The molecule has 3 aromatic rings. The molecule has 2 N–H and O–H groups in total. The van der Waals surface area contributed by atoms with Gasteiger partial charge in [0.15, 0.2) is 6.54 Å². The molecule has 1 amide bonds. The van der Waals surface area contributed by atoms with Gasteiger partial charge in [0.25, 0.3) is 5.91 Å². The van der Waals surface area contributed by atoms with E-state index in [9.17, 15) is 4.79 Å². The summed E-state index contributed by atoms with van der Waals surface area (Å²) in [6.07, 6.45) is 9.07. The van der Waals surface area contributed by atoms with Gasteiger partial charge in [0, 0.05) is 36.2 Å². The highest BCUT2D eigenvalue weighted by Crippen LogP contribution is 2.21. The maximum Gasteiger partial charge on any atom is 0.279 e. The van der Waals surface area contributed by atoms with E-state index in [0.29, 0.717) is 6.54 Å². The molecule has 1 aromatic heterocycles. The third kappa shape index (κ3) is 5.95. The van der Waals surface area contributed by atoms with E-state index in [-0.39, 0.29) is 5.91 Å². The molecule has 0 aliphatic carbocycles. The molecule has 1 unspecified atom stereocenters. The van der Waals surface area contributed by atoms with Crippen LogP contribution in [0.5, 0.6) is 0 Å². The summed E-state index contributed by atoms with van der Waals surface area (Å²) >= 11 is 0. The molecule has 2 aromatic carbocycles. The third-order valence-corrected chi connectivity index (χ3v) is 5.75. The zero-order chi connectivity index (χ0) is 21.5. The van der Waals surface area contributed by atoms with Crippen LogP contribution in [-0.4, -0.2) is 42.4 Å². The van der Waals surface area contributed by atoms with Crippen LogP contribution in [0.25, 0.3) is 5.69 Å². The number of anilines is 2. The number of benzene rings is 2. The molecule has 6 nitrogen and oxygen atoms in total. The van der Waals surface area contributed by atoms with Gasteiger partial charge < -0.3 is 15.1 Å². The fraction of sp³-hybridized carbons (Fsp3) is 0.360. The number of quaternary nitrogens is 1. The van der Waals surface area contributed by atoms with Crippen LogP contribution in [0.4, 0.5) is 11.4 Å². The molecule has 0 saturated carbocycles. The normalized spacial score (nSPS) is 15.3. The fourth-order valence-corrected chi connectivity index (χ4v) is 4.15. The van der Waals surface area contributed by atoms with E-state index in [2.05, 4.69) is 27.4 Å².